The first-order valence-corrected chi connectivity index (χ1v) is 15.1. The maximum atomic E-state index is 12.7. The number of rotatable bonds is 5. The second kappa shape index (κ2) is 10.6. The van der Waals surface area contributed by atoms with Crippen molar-refractivity contribution in [1.29, 1.82) is 0 Å². The molecule has 0 radical (unpaired) electrons. The third-order valence-electron chi connectivity index (χ3n) is 7.67. The van der Waals surface area contributed by atoms with Crippen LogP contribution in [0.15, 0.2) is 109 Å². The average Bonchev–Trinajstić information content (AvgIpc) is 2.96. The summed E-state index contributed by atoms with van der Waals surface area (Å²) in [6.45, 7) is 6.28. The van der Waals surface area contributed by atoms with Crippen molar-refractivity contribution in [1.82, 2.24) is 0 Å². The number of fused-ring (bicyclic) bond motifs is 2. The molecule has 6 rings (SSSR count). The molecule has 0 unspecified atom stereocenters. The summed E-state index contributed by atoms with van der Waals surface area (Å²) >= 11 is 0. The lowest BCUT2D eigenvalue weighted by atomic mass is 9.87. The Morgan fingerprint density at radius 2 is 1.12 bits per heavy atom. The van der Waals surface area contributed by atoms with Gasteiger partial charge in [0.25, 0.3) is 0 Å². The van der Waals surface area contributed by atoms with Crippen LogP contribution in [-0.4, -0.2) is 13.9 Å². The van der Waals surface area contributed by atoms with Gasteiger partial charge in [0, 0.05) is 0 Å². The summed E-state index contributed by atoms with van der Waals surface area (Å²) in [6, 6.07) is 35.2. The van der Waals surface area contributed by atoms with Crippen LogP contribution in [-0.2, 0) is 10.1 Å². The van der Waals surface area contributed by atoms with Crippen molar-refractivity contribution in [3.63, 3.8) is 0 Å². The molecule has 0 saturated heterocycles. The predicted molar refractivity (Wildman–Crippen MR) is 168 cm³/mol. The van der Waals surface area contributed by atoms with Crippen LogP contribution in [0.3, 0.4) is 0 Å². The lowest BCUT2D eigenvalue weighted by Crippen LogP contribution is -2.28. The van der Waals surface area contributed by atoms with E-state index < -0.39 is 21.4 Å². The molecule has 0 aliphatic carbocycles. The van der Waals surface area contributed by atoms with Crippen LogP contribution in [0.2, 0.25) is 0 Å². The average molecular weight is 597 g/mol. The Labute approximate surface area is 248 Å². The smallest absolute Gasteiger partial charge is 0.376 e. The molecule has 0 aliphatic rings. The Kier molecular flexibility index (Phi) is 7.01. The van der Waals surface area contributed by atoms with Gasteiger partial charge in [-0.2, -0.15) is 21.6 Å². The van der Waals surface area contributed by atoms with Crippen LogP contribution in [0.5, 0.6) is 5.75 Å². The van der Waals surface area contributed by atoms with E-state index in [0.29, 0.717) is 5.56 Å². The predicted octanol–water partition coefficient (Wildman–Crippen LogP) is 10.1. The summed E-state index contributed by atoms with van der Waals surface area (Å²) in [6.07, 6.45) is 0. The molecule has 0 fully saturated rings. The summed E-state index contributed by atoms with van der Waals surface area (Å²) in [5.41, 5.74) is 4.11. The van der Waals surface area contributed by atoms with E-state index >= 15 is 0 Å². The zero-order chi connectivity index (χ0) is 30.5. The number of alkyl halides is 3. The van der Waals surface area contributed by atoms with E-state index in [4.69, 9.17) is 0 Å². The minimum Gasteiger partial charge on any atom is -0.376 e. The SMILES string of the molecule is Cc1ccc(-c2cc(-c3c(C)ccc4cc(-c5ccc(OS(=O)(=O)C(F)(F)F)cc5)ccc34)c3cc(C)ccc3c2)cc1. The van der Waals surface area contributed by atoms with Gasteiger partial charge in [0.05, 0.1) is 0 Å². The fourth-order valence-electron chi connectivity index (χ4n) is 5.44. The van der Waals surface area contributed by atoms with Crippen molar-refractivity contribution in [3.8, 4) is 39.1 Å². The summed E-state index contributed by atoms with van der Waals surface area (Å²) in [5.74, 6) is -0.407. The van der Waals surface area contributed by atoms with E-state index in [2.05, 4.69) is 97.8 Å². The molecule has 216 valence electrons. The molecule has 0 bridgehead atoms. The van der Waals surface area contributed by atoms with Gasteiger partial charge in [-0.3, -0.25) is 0 Å². The minimum absolute atomic E-state index is 0.407. The van der Waals surface area contributed by atoms with E-state index in [1.165, 1.54) is 28.6 Å². The van der Waals surface area contributed by atoms with Gasteiger partial charge in [0.2, 0.25) is 0 Å². The van der Waals surface area contributed by atoms with Gasteiger partial charge < -0.3 is 4.18 Å². The summed E-state index contributed by atoms with van der Waals surface area (Å²) < 4.78 is 65.1. The Morgan fingerprint density at radius 3 is 1.81 bits per heavy atom. The molecule has 0 spiro atoms. The van der Waals surface area contributed by atoms with Gasteiger partial charge in [-0.1, -0.05) is 90.0 Å². The molecule has 3 nitrogen and oxygen atoms in total. The fourth-order valence-corrected chi connectivity index (χ4v) is 5.90. The van der Waals surface area contributed by atoms with Crippen LogP contribution in [0.25, 0.3) is 54.9 Å². The summed E-state index contributed by atoms with van der Waals surface area (Å²) in [4.78, 5) is 0. The maximum absolute atomic E-state index is 12.7. The van der Waals surface area contributed by atoms with Crippen molar-refractivity contribution in [2.45, 2.75) is 26.3 Å². The standard InChI is InChI=1S/C36H27F3O3S/c1-22-4-8-26(9-5-22)30-20-29-10-6-23(2)18-33(29)34(21-30)35-24(3)7-11-28-19-27(14-17-32(28)35)25-12-15-31(16-13-25)42-43(40,41)36(37,38)39/h4-21H,1-3H3. The highest BCUT2D eigenvalue weighted by Gasteiger charge is 2.48. The lowest BCUT2D eigenvalue weighted by molar-refractivity contribution is -0.0500. The second-order valence-corrected chi connectivity index (χ2v) is 12.4. The van der Waals surface area contributed by atoms with Gasteiger partial charge in [-0.15, -0.1) is 0 Å². The summed E-state index contributed by atoms with van der Waals surface area (Å²) in [5, 5.41) is 4.39. The highest BCUT2D eigenvalue weighted by molar-refractivity contribution is 7.88. The molecule has 0 N–H and O–H groups in total. The first-order chi connectivity index (χ1) is 20.4. The molecule has 6 aromatic rings. The van der Waals surface area contributed by atoms with E-state index in [9.17, 15) is 21.6 Å². The second-order valence-electron chi connectivity index (χ2n) is 10.8. The maximum Gasteiger partial charge on any atom is 0.534 e. The molecule has 0 aromatic heterocycles. The van der Waals surface area contributed by atoms with Crippen LogP contribution in [0, 0.1) is 20.8 Å². The zero-order valence-electron chi connectivity index (χ0n) is 23.7. The van der Waals surface area contributed by atoms with Crippen molar-refractivity contribution in [3.05, 3.63) is 126 Å². The van der Waals surface area contributed by atoms with Gasteiger partial charge in [0.15, 0.2) is 0 Å². The topological polar surface area (TPSA) is 43.4 Å². The van der Waals surface area contributed by atoms with Crippen LogP contribution in [0.1, 0.15) is 16.7 Å². The Bertz CT molecular complexity index is 2110. The molecule has 7 heteroatoms. The Hall–Kier alpha value is -4.62. The fraction of sp³-hybridized carbons (Fsp3) is 0.111. The third kappa shape index (κ3) is 5.48. The zero-order valence-corrected chi connectivity index (χ0v) is 24.5. The number of hydrogen-bond donors (Lipinski definition) is 0. The lowest BCUT2D eigenvalue weighted by Gasteiger charge is -2.17. The Balaban J connectivity index is 1.46. The Morgan fingerprint density at radius 1 is 0.558 bits per heavy atom. The molecule has 0 atom stereocenters. The molecule has 6 aromatic carbocycles. The molecule has 43 heavy (non-hydrogen) atoms. The number of hydrogen-bond acceptors (Lipinski definition) is 3. The van der Waals surface area contributed by atoms with E-state index in [-0.39, 0.29) is 0 Å². The highest BCUT2D eigenvalue weighted by Crippen LogP contribution is 2.41. The van der Waals surface area contributed by atoms with Gasteiger partial charge in [-0.25, -0.2) is 0 Å². The van der Waals surface area contributed by atoms with Crippen LogP contribution >= 0.6 is 0 Å². The van der Waals surface area contributed by atoms with E-state index in [1.807, 2.05) is 12.1 Å². The van der Waals surface area contributed by atoms with Crippen molar-refractivity contribution < 1.29 is 25.8 Å². The van der Waals surface area contributed by atoms with Gasteiger partial charge in [-0.05, 0) is 112 Å². The van der Waals surface area contributed by atoms with Crippen LogP contribution in [0.4, 0.5) is 13.2 Å². The summed E-state index contributed by atoms with van der Waals surface area (Å²) in [7, 11) is -5.73. The largest absolute Gasteiger partial charge is 0.534 e. The van der Waals surface area contributed by atoms with E-state index in [1.54, 1.807) is 12.1 Å². The molecule has 0 amide bonds. The van der Waals surface area contributed by atoms with Crippen LogP contribution < -0.4 is 4.18 Å². The normalized spacial score (nSPS) is 12.1. The number of benzene rings is 6. The quantitative estimate of drug-likeness (QED) is 0.147. The number of halogens is 3. The first kappa shape index (κ1) is 28.5. The van der Waals surface area contributed by atoms with Crippen molar-refractivity contribution in [2.75, 3.05) is 0 Å². The van der Waals surface area contributed by atoms with Crippen molar-refractivity contribution >= 4 is 31.7 Å². The minimum atomic E-state index is -5.73. The third-order valence-corrected chi connectivity index (χ3v) is 8.65. The van der Waals surface area contributed by atoms with Gasteiger partial charge >= 0.3 is 15.6 Å². The molecule has 0 saturated carbocycles. The number of aryl methyl sites for hydroxylation is 3. The molecular formula is C36H27F3O3S. The molecule has 0 heterocycles. The first-order valence-electron chi connectivity index (χ1n) is 13.7. The van der Waals surface area contributed by atoms with E-state index in [0.717, 1.165) is 49.5 Å². The molecular weight excluding hydrogens is 569 g/mol. The molecule has 0 aliphatic heterocycles. The van der Waals surface area contributed by atoms with Crippen molar-refractivity contribution in [2.24, 2.45) is 0 Å². The van der Waals surface area contributed by atoms with Gasteiger partial charge in [0.1, 0.15) is 5.75 Å². The highest BCUT2D eigenvalue weighted by atomic mass is 32.2. The monoisotopic (exact) mass is 596 g/mol.